The van der Waals surface area contributed by atoms with Crippen LogP contribution in [0.1, 0.15) is 37.8 Å². The summed E-state index contributed by atoms with van der Waals surface area (Å²) in [6, 6.07) is 6.36. The highest BCUT2D eigenvalue weighted by Crippen LogP contribution is 2.23. The lowest BCUT2D eigenvalue weighted by Gasteiger charge is -2.35. The summed E-state index contributed by atoms with van der Waals surface area (Å²) in [7, 11) is 0. The van der Waals surface area contributed by atoms with Gasteiger partial charge < -0.3 is 9.51 Å². The van der Waals surface area contributed by atoms with Gasteiger partial charge in [0.05, 0.1) is 5.69 Å². The highest BCUT2D eigenvalue weighted by molar-refractivity contribution is 5.66. The van der Waals surface area contributed by atoms with Gasteiger partial charge >= 0.3 is 5.97 Å². The van der Waals surface area contributed by atoms with Gasteiger partial charge in [-0.05, 0) is 37.9 Å². The Balaban J connectivity index is 1.69. The number of fused-ring (bicyclic) bond motifs is 1. The van der Waals surface area contributed by atoms with Crippen molar-refractivity contribution < 1.29 is 9.90 Å². The maximum atomic E-state index is 10.8. The molecule has 1 fully saturated rings. The van der Waals surface area contributed by atoms with Crippen LogP contribution >= 0.6 is 0 Å². The predicted octanol–water partition coefficient (Wildman–Crippen LogP) is 2.55. The molecule has 0 spiro atoms. The zero-order valence-electron chi connectivity index (χ0n) is 12.1. The van der Waals surface area contributed by atoms with Crippen LogP contribution in [0.4, 0.5) is 0 Å². The molecule has 1 aliphatic rings. The first kappa shape index (κ1) is 14.1. The molecule has 5 heteroatoms. The Morgan fingerprint density at radius 2 is 2.29 bits per heavy atom. The van der Waals surface area contributed by atoms with Crippen molar-refractivity contribution in [2.24, 2.45) is 0 Å². The summed E-state index contributed by atoms with van der Waals surface area (Å²) >= 11 is 0. The Morgan fingerprint density at radius 3 is 3.10 bits per heavy atom. The van der Waals surface area contributed by atoms with Crippen molar-refractivity contribution in [1.29, 1.82) is 0 Å². The number of hydrogen-bond donors (Lipinski definition) is 1. The van der Waals surface area contributed by atoms with Crippen LogP contribution < -0.4 is 0 Å². The molecule has 1 aliphatic heterocycles. The molecule has 1 N–H and O–H groups in total. The van der Waals surface area contributed by atoms with Gasteiger partial charge in [0.1, 0.15) is 5.65 Å². The SMILES string of the molecule is O=C(O)CCC1CCCCN1Cc1cn2ccccc2n1. The molecule has 21 heavy (non-hydrogen) atoms. The normalized spacial score (nSPS) is 19.9. The van der Waals surface area contributed by atoms with E-state index in [4.69, 9.17) is 5.11 Å². The summed E-state index contributed by atoms with van der Waals surface area (Å²) in [5.74, 6) is -0.701. The van der Waals surface area contributed by atoms with Gasteiger partial charge in [-0.2, -0.15) is 0 Å². The Kier molecular flexibility index (Phi) is 4.20. The van der Waals surface area contributed by atoms with Crippen LogP contribution in [0.25, 0.3) is 5.65 Å². The van der Waals surface area contributed by atoms with Gasteiger partial charge in [-0.15, -0.1) is 0 Å². The maximum Gasteiger partial charge on any atom is 0.303 e. The van der Waals surface area contributed by atoms with Gasteiger partial charge in [0.2, 0.25) is 0 Å². The molecule has 2 aromatic rings. The summed E-state index contributed by atoms with van der Waals surface area (Å²) in [6.07, 6.45) is 8.56. The first-order valence-electron chi connectivity index (χ1n) is 7.61. The Bertz CT molecular complexity index is 590. The minimum Gasteiger partial charge on any atom is -0.481 e. The smallest absolute Gasteiger partial charge is 0.303 e. The molecule has 0 radical (unpaired) electrons. The number of imidazole rings is 1. The monoisotopic (exact) mass is 287 g/mol. The van der Waals surface area contributed by atoms with Crippen molar-refractivity contribution in [2.75, 3.05) is 6.54 Å². The van der Waals surface area contributed by atoms with Crippen LogP contribution in [0.5, 0.6) is 0 Å². The van der Waals surface area contributed by atoms with E-state index in [1.807, 2.05) is 28.8 Å². The summed E-state index contributed by atoms with van der Waals surface area (Å²) in [4.78, 5) is 17.8. The summed E-state index contributed by atoms with van der Waals surface area (Å²) in [5, 5.41) is 8.88. The van der Waals surface area contributed by atoms with E-state index < -0.39 is 5.97 Å². The molecule has 0 aliphatic carbocycles. The predicted molar refractivity (Wildman–Crippen MR) is 80.1 cm³/mol. The molecule has 1 unspecified atom stereocenters. The lowest BCUT2D eigenvalue weighted by Crippen LogP contribution is -2.39. The molecule has 0 saturated carbocycles. The van der Waals surface area contributed by atoms with Crippen LogP contribution in [0.3, 0.4) is 0 Å². The number of aromatic nitrogens is 2. The first-order chi connectivity index (χ1) is 10.2. The number of carbonyl (C=O) groups is 1. The van der Waals surface area contributed by atoms with Crippen molar-refractivity contribution in [3.05, 3.63) is 36.3 Å². The fourth-order valence-corrected chi connectivity index (χ4v) is 3.16. The van der Waals surface area contributed by atoms with Crippen LogP contribution in [0.15, 0.2) is 30.6 Å². The third kappa shape index (κ3) is 3.42. The van der Waals surface area contributed by atoms with Crippen molar-refractivity contribution in [2.45, 2.75) is 44.7 Å². The average molecular weight is 287 g/mol. The minimum atomic E-state index is -0.701. The molecule has 3 rings (SSSR count). The number of rotatable bonds is 5. The number of carboxylic acids is 1. The summed E-state index contributed by atoms with van der Waals surface area (Å²) in [5.41, 5.74) is 2.02. The molecule has 0 amide bonds. The standard InChI is InChI=1S/C16H21N3O2/c20-16(21)8-7-14-5-1-3-9-18(14)11-13-12-19-10-4-2-6-15(19)17-13/h2,4,6,10,12,14H,1,3,5,7-9,11H2,(H,20,21). The quantitative estimate of drug-likeness (QED) is 0.918. The third-order valence-electron chi connectivity index (χ3n) is 4.22. The van der Waals surface area contributed by atoms with Gasteiger partial charge in [0, 0.05) is 31.4 Å². The zero-order valence-corrected chi connectivity index (χ0v) is 12.1. The number of carboxylic acid groups (broad SMARTS) is 1. The van der Waals surface area contributed by atoms with E-state index in [1.165, 1.54) is 12.8 Å². The first-order valence-corrected chi connectivity index (χ1v) is 7.61. The minimum absolute atomic E-state index is 0.256. The largest absolute Gasteiger partial charge is 0.481 e. The molecule has 1 saturated heterocycles. The van der Waals surface area contributed by atoms with Crippen LogP contribution in [0.2, 0.25) is 0 Å². The van der Waals surface area contributed by atoms with Crippen LogP contribution in [-0.2, 0) is 11.3 Å². The van der Waals surface area contributed by atoms with Crippen molar-refractivity contribution in [3.63, 3.8) is 0 Å². The average Bonchev–Trinajstić information content (AvgIpc) is 2.88. The van der Waals surface area contributed by atoms with E-state index in [-0.39, 0.29) is 6.42 Å². The van der Waals surface area contributed by atoms with E-state index in [9.17, 15) is 4.79 Å². The maximum absolute atomic E-state index is 10.8. The summed E-state index contributed by atoms with van der Waals surface area (Å²) < 4.78 is 2.03. The Hall–Kier alpha value is -1.88. The van der Waals surface area contributed by atoms with E-state index in [2.05, 4.69) is 16.1 Å². The number of piperidine rings is 1. The van der Waals surface area contributed by atoms with Crippen molar-refractivity contribution in [3.8, 4) is 0 Å². The molecular formula is C16H21N3O2. The van der Waals surface area contributed by atoms with E-state index in [0.29, 0.717) is 6.04 Å². The Morgan fingerprint density at radius 1 is 1.38 bits per heavy atom. The van der Waals surface area contributed by atoms with E-state index in [0.717, 1.165) is 37.3 Å². The molecule has 2 aromatic heterocycles. The molecule has 5 nitrogen and oxygen atoms in total. The number of hydrogen-bond acceptors (Lipinski definition) is 3. The van der Waals surface area contributed by atoms with E-state index in [1.54, 1.807) is 0 Å². The molecule has 3 heterocycles. The van der Waals surface area contributed by atoms with E-state index >= 15 is 0 Å². The second-order valence-corrected chi connectivity index (χ2v) is 5.75. The van der Waals surface area contributed by atoms with Gasteiger partial charge in [0.15, 0.2) is 0 Å². The number of likely N-dealkylation sites (tertiary alicyclic amines) is 1. The molecule has 0 aromatic carbocycles. The highest BCUT2D eigenvalue weighted by Gasteiger charge is 2.23. The Labute approximate surface area is 124 Å². The lowest BCUT2D eigenvalue weighted by molar-refractivity contribution is -0.137. The molecule has 0 bridgehead atoms. The number of aliphatic carboxylic acids is 1. The number of pyridine rings is 1. The van der Waals surface area contributed by atoms with Gasteiger partial charge in [-0.1, -0.05) is 12.5 Å². The van der Waals surface area contributed by atoms with Gasteiger partial charge in [-0.25, -0.2) is 4.98 Å². The number of nitrogens with zero attached hydrogens (tertiary/aromatic N) is 3. The van der Waals surface area contributed by atoms with Crippen molar-refractivity contribution >= 4 is 11.6 Å². The van der Waals surface area contributed by atoms with Crippen LogP contribution in [-0.4, -0.2) is 37.9 Å². The second kappa shape index (κ2) is 6.26. The van der Waals surface area contributed by atoms with Gasteiger partial charge in [-0.3, -0.25) is 9.69 Å². The second-order valence-electron chi connectivity index (χ2n) is 5.75. The molecule has 1 atom stereocenters. The third-order valence-corrected chi connectivity index (χ3v) is 4.22. The highest BCUT2D eigenvalue weighted by atomic mass is 16.4. The lowest BCUT2D eigenvalue weighted by atomic mass is 9.98. The molecule has 112 valence electrons. The van der Waals surface area contributed by atoms with Crippen LogP contribution in [0, 0.1) is 0 Å². The fourth-order valence-electron chi connectivity index (χ4n) is 3.16. The molecular weight excluding hydrogens is 266 g/mol. The fraction of sp³-hybridized carbons (Fsp3) is 0.500. The zero-order chi connectivity index (χ0) is 14.7. The van der Waals surface area contributed by atoms with Gasteiger partial charge in [0.25, 0.3) is 0 Å². The van der Waals surface area contributed by atoms with Crippen molar-refractivity contribution in [1.82, 2.24) is 14.3 Å². The summed E-state index contributed by atoms with van der Waals surface area (Å²) in [6.45, 7) is 1.85. The topological polar surface area (TPSA) is 57.8 Å².